The Hall–Kier alpha value is -3.63. The van der Waals surface area contributed by atoms with Crippen molar-refractivity contribution in [1.29, 1.82) is 0 Å². The zero-order valence-electron chi connectivity index (χ0n) is 17.8. The SMILES string of the molecule is C[C@H]1CCn2c(cc(OCc3ccc(Oc4ccc(C(F)(F)F)nc4)c(F)c3)nc2=O)N1C. The summed E-state index contributed by atoms with van der Waals surface area (Å²) in [4.78, 5) is 21.5. The third-order valence-corrected chi connectivity index (χ3v) is 5.40. The number of rotatable bonds is 5. The Labute approximate surface area is 186 Å². The topological polar surface area (TPSA) is 69.5 Å². The molecule has 0 spiro atoms. The highest BCUT2D eigenvalue weighted by atomic mass is 19.4. The van der Waals surface area contributed by atoms with Gasteiger partial charge in [0.1, 0.15) is 23.9 Å². The Balaban J connectivity index is 1.44. The van der Waals surface area contributed by atoms with E-state index in [2.05, 4.69) is 16.9 Å². The first kappa shape index (κ1) is 22.6. The van der Waals surface area contributed by atoms with Crippen molar-refractivity contribution in [3.63, 3.8) is 0 Å². The van der Waals surface area contributed by atoms with Gasteiger partial charge in [-0.1, -0.05) is 6.07 Å². The third kappa shape index (κ3) is 4.91. The van der Waals surface area contributed by atoms with Gasteiger partial charge >= 0.3 is 11.9 Å². The number of hydrogen-bond acceptors (Lipinski definition) is 6. The lowest BCUT2D eigenvalue weighted by molar-refractivity contribution is -0.141. The number of halogens is 4. The fourth-order valence-corrected chi connectivity index (χ4v) is 3.39. The summed E-state index contributed by atoms with van der Waals surface area (Å²) < 4.78 is 64.7. The number of aromatic nitrogens is 3. The van der Waals surface area contributed by atoms with Gasteiger partial charge in [-0.25, -0.2) is 14.2 Å². The Morgan fingerprint density at radius 3 is 2.64 bits per heavy atom. The first-order valence-electron chi connectivity index (χ1n) is 10.1. The number of alkyl halides is 3. The first-order chi connectivity index (χ1) is 15.6. The van der Waals surface area contributed by atoms with Gasteiger partial charge in [0, 0.05) is 25.7 Å². The Morgan fingerprint density at radius 1 is 1.18 bits per heavy atom. The molecule has 0 unspecified atom stereocenters. The summed E-state index contributed by atoms with van der Waals surface area (Å²) >= 11 is 0. The van der Waals surface area contributed by atoms with Gasteiger partial charge in [0.25, 0.3) is 0 Å². The van der Waals surface area contributed by atoms with Gasteiger partial charge in [0.05, 0.1) is 6.20 Å². The van der Waals surface area contributed by atoms with Crippen molar-refractivity contribution in [2.75, 3.05) is 11.9 Å². The van der Waals surface area contributed by atoms with Crippen LogP contribution in [0.3, 0.4) is 0 Å². The van der Waals surface area contributed by atoms with E-state index in [4.69, 9.17) is 9.47 Å². The minimum atomic E-state index is -4.57. The molecule has 11 heteroatoms. The largest absolute Gasteiger partial charge is 0.473 e. The van der Waals surface area contributed by atoms with Gasteiger partial charge in [0.2, 0.25) is 5.88 Å². The molecule has 0 amide bonds. The van der Waals surface area contributed by atoms with Crippen LogP contribution in [-0.4, -0.2) is 27.6 Å². The highest BCUT2D eigenvalue weighted by Crippen LogP contribution is 2.30. The van der Waals surface area contributed by atoms with Gasteiger partial charge < -0.3 is 14.4 Å². The van der Waals surface area contributed by atoms with Crippen LogP contribution in [0.25, 0.3) is 0 Å². The fourth-order valence-electron chi connectivity index (χ4n) is 3.39. The van der Waals surface area contributed by atoms with Gasteiger partial charge in [-0.15, -0.1) is 0 Å². The number of pyridine rings is 1. The standard InChI is InChI=1S/C22H20F4N4O3/c1-13-7-8-30-20(29(13)2)10-19(28-21(30)31)32-12-14-3-5-17(16(23)9-14)33-15-4-6-18(27-11-15)22(24,25)26/h3-6,9-11,13H,7-8,12H2,1-2H3/t13-/m0/s1. The molecule has 174 valence electrons. The van der Waals surface area contributed by atoms with E-state index in [0.717, 1.165) is 24.8 Å². The average molecular weight is 464 g/mol. The summed E-state index contributed by atoms with van der Waals surface area (Å²) in [6.07, 6.45) is -2.86. The van der Waals surface area contributed by atoms with E-state index in [-0.39, 0.29) is 30.0 Å². The summed E-state index contributed by atoms with van der Waals surface area (Å²) in [6.45, 7) is 2.59. The van der Waals surface area contributed by atoms with Crippen molar-refractivity contribution in [2.45, 2.75) is 38.7 Å². The quantitative estimate of drug-likeness (QED) is 0.522. The Bertz CT molecular complexity index is 1210. The van der Waals surface area contributed by atoms with Crippen LogP contribution in [0, 0.1) is 5.82 Å². The van der Waals surface area contributed by atoms with Crippen LogP contribution in [0.4, 0.5) is 23.4 Å². The van der Waals surface area contributed by atoms with Crippen molar-refractivity contribution in [3.05, 3.63) is 70.2 Å². The van der Waals surface area contributed by atoms with Crippen LogP contribution >= 0.6 is 0 Å². The highest BCUT2D eigenvalue weighted by molar-refractivity contribution is 5.44. The second-order valence-electron chi connectivity index (χ2n) is 7.67. The summed E-state index contributed by atoms with van der Waals surface area (Å²) in [6, 6.07) is 7.79. The Morgan fingerprint density at radius 2 is 1.97 bits per heavy atom. The zero-order chi connectivity index (χ0) is 23.8. The number of nitrogens with zero attached hydrogens (tertiary/aromatic N) is 4. The lowest BCUT2D eigenvalue weighted by Crippen LogP contribution is -2.41. The molecule has 0 saturated heterocycles. The average Bonchev–Trinajstić information content (AvgIpc) is 2.76. The van der Waals surface area contributed by atoms with Crippen LogP contribution in [0.1, 0.15) is 24.6 Å². The highest BCUT2D eigenvalue weighted by Gasteiger charge is 2.32. The van der Waals surface area contributed by atoms with Crippen LogP contribution < -0.4 is 20.1 Å². The molecule has 3 heterocycles. The summed E-state index contributed by atoms with van der Waals surface area (Å²) in [5.41, 5.74) is -1.04. The predicted molar refractivity (Wildman–Crippen MR) is 111 cm³/mol. The first-order valence-corrected chi connectivity index (χ1v) is 10.1. The van der Waals surface area contributed by atoms with E-state index in [1.807, 2.05) is 11.9 Å². The van der Waals surface area contributed by atoms with Crippen LogP contribution in [0.15, 0.2) is 47.4 Å². The molecule has 33 heavy (non-hydrogen) atoms. The summed E-state index contributed by atoms with van der Waals surface area (Å²) in [7, 11) is 1.89. The molecule has 0 bridgehead atoms. The molecule has 1 aromatic carbocycles. The van der Waals surface area contributed by atoms with Gasteiger partial charge in [-0.3, -0.25) is 4.57 Å². The molecule has 0 radical (unpaired) electrons. The molecule has 1 atom stereocenters. The minimum Gasteiger partial charge on any atom is -0.473 e. The summed E-state index contributed by atoms with van der Waals surface area (Å²) in [5, 5.41) is 0. The van der Waals surface area contributed by atoms with Gasteiger partial charge in [-0.2, -0.15) is 18.2 Å². The van der Waals surface area contributed by atoms with Crippen molar-refractivity contribution in [3.8, 4) is 17.4 Å². The molecule has 2 aromatic heterocycles. The fraction of sp³-hybridized carbons (Fsp3) is 0.318. The number of benzene rings is 1. The third-order valence-electron chi connectivity index (χ3n) is 5.40. The maximum atomic E-state index is 14.5. The van der Waals surface area contributed by atoms with Crippen LogP contribution in [-0.2, 0) is 19.3 Å². The number of hydrogen-bond donors (Lipinski definition) is 0. The minimum absolute atomic E-state index is 0.0389. The molecule has 0 aliphatic carbocycles. The molecule has 3 aromatic rings. The Kier molecular flexibility index (Phi) is 5.96. The van der Waals surface area contributed by atoms with Crippen molar-refractivity contribution < 1.29 is 27.0 Å². The molecule has 1 aliphatic heterocycles. The molecule has 7 nitrogen and oxygen atoms in total. The van der Waals surface area contributed by atoms with Crippen LogP contribution in [0.5, 0.6) is 17.4 Å². The number of anilines is 1. The van der Waals surface area contributed by atoms with E-state index in [0.29, 0.717) is 17.9 Å². The molecule has 0 N–H and O–H groups in total. The van der Waals surface area contributed by atoms with Gasteiger partial charge in [0.15, 0.2) is 11.6 Å². The molecule has 1 aliphatic rings. The normalized spacial score (nSPS) is 15.8. The lowest BCUT2D eigenvalue weighted by Gasteiger charge is -2.34. The maximum absolute atomic E-state index is 14.5. The number of ether oxygens (including phenoxy) is 2. The van der Waals surface area contributed by atoms with Crippen molar-refractivity contribution in [2.24, 2.45) is 0 Å². The van der Waals surface area contributed by atoms with E-state index in [1.165, 1.54) is 18.2 Å². The second-order valence-corrected chi connectivity index (χ2v) is 7.67. The summed E-state index contributed by atoms with van der Waals surface area (Å²) in [5.74, 6) is -0.125. The predicted octanol–water partition coefficient (Wildman–Crippen LogP) is 4.40. The zero-order valence-corrected chi connectivity index (χ0v) is 17.8. The maximum Gasteiger partial charge on any atom is 0.433 e. The van der Waals surface area contributed by atoms with Crippen LogP contribution in [0.2, 0.25) is 0 Å². The molecule has 0 fully saturated rings. The molecule has 0 saturated carbocycles. The number of fused-ring (bicyclic) bond motifs is 1. The lowest BCUT2D eigenvalue weighted by atomic mass is 10.1. The van der Waals surface area contributed by atoms with Crippen molar-refractivity contribution in [1.82, 2.24) is 14.5 Å². The molecule has 4 rings (SSSR count). The van der Waals surface area contributed by atoms with Gasteiger partial charge in [-0.05, 0) is 43.2 Å². The van der Waals surface area contributed by atoms with E-state index >= 15 is 0 Å². The van der Waals surface area contributed by atoms with E-state index in [9.17, 15) is 22.4 Å². The monoisotopic (exact) mass is 464 g/mol. The smallest absolute Gasteiger partial charge is 0.433 e. The second kappa shape index (κ2) is 8.72. The van der Waals surface area contributed by atoms with Crippen molar-refractivity contribution >= 4 is 5.82 Å². The molecular formula is C22H20F4N4O3. The molecular weight excluding hydrogens is 444 g/mol. The van der Waals surface area contributed by atoms with E-state index < -0.39 is 23.4 Å². The van der Waals surface area contributed by atoms with E-state index in [1.54, 1.807) is 10.6 Å².